The summed E-state index contributed by atoms with van der Waals surface area (Å²) < 4.78 is 10.4. The molecular weight excluding hydrogens is 262 g/mol. The molecule has 1 aromatic carbocycles. The molecular formula is C14H9NO3S. The standard InChI is InChI=1S/C14H9NO3S/c16-7-5-10(6-8-19-18)14-12(9-17)11-3-1-2-4-13(11)15-14/h1-7,9,15H. The van der Waals surface area contributed by atoms with E-state index in [1.807, 2.05) is 24.3 Å². The first-order valence-corrected chi connectivity index (χ1v) is 6.15. The average Bonchev–Trinajstić information content (AvgIpc) is 2.81. The molecule has 5 heteroatoms. The van der Waals surface area contributed by atoms with Gasteiger partial charge >= 0.3 is 0 Å². The number of rotatable bonds is 4. The van der Waals surface area contributed by atoms with Gasteiger partial charge in [-0.15, -0.1) is 0 Å². The van der Waals surface area contributed by atoms with Crippen molar-refractivity contribution in [2.75, 3.05) is 0 Å². The normalized spacial score (nSPS) is 10.8. The molecule has 0 saturated heterocycles. The molecule has 0 spiro atoms. The molecule has 1 N–H and O–H groups in total. The minimum Gasteiger partial charge on any atom is -0.354 e. The number of nitrogens with one attached hydrogen (secondary N) is 1. The fraction of sp³-hybridized carbons (Fsp3) is 0. The van der Waals surface area contributed by atoms with Gasteiger partial charge in [-0.05, 0) is 17.2 Å². The zero-order valence-corrected chi connectivity index (χ0v) is 10.6. The Hall–Kier alpha value is -2.49. The van der Waals surface area contributed by atoms with Crippen molar-refractivity contribution in [3.8, 4) is 0 Å². The Balaban J connectivity index is 2.76. The second kappa shape index (κ2) is 5.91. The third-order valence-electron chi connectivity index (χ3n) is 2.66. The van der Waals surface area contributed by atoms with Crippen LogP contribution in [0, 0.1) is 0 Å². The lowest BCUT2D eigenvalue weighted by Gasteiger charge is -1.97. The minimum absolute atomic E-state index is 0.156. The highest BCUT2D eigenvalue weighted by molar-refractivity contribution is 7.64. The number of aldehydes is 2. The summed E-state index contributed by atoms with van der Waals surface area (Å²) in [6.07, 6.45) is 3.98. The van der Waals surface area contributed by atoms with E-state index in [1.165, 1.54) is 12.2 Å². The first kappa shape index (κ1) is 13.0. The van der Waals surface area contributed by atoms with E-state index in [1.54, 1.807) is 0 Å². The second-order valence-electron chi connectivity index (χ2n) is 3.68. The van der Waals surface area contributed by atoms with E-state index in [4.69, 9.17) is 0 Å². The fourth-order valence-electron chi connectivity index (χ4n) is 1.88. The molecule has 0 fully saturated rings. The molecule has 0 amide bonds. The van der Waals surface area contributed by atoms with Gasteiger partial charge in [0.25, 0.3) is 0 Å². The highest BCUT2D eigenvalue weighted by Gasteiger charge is 2.12. The van der Waals surface area contributed by atoms with Gasteiger partial charge in [0.2, 0.25) is 0 Å². The van der Waals surface area contributed by atoms with Gasteiger partial charge in [-0.1, -0.05) is 18.2 Å². The van der Waals surface area contributed by atoms with Crippen LogP contribution in [0.4, 0.5) is 0 Å². The minimum atomic E-state index is 0.156. The second-order valence-corrected chi connectivity index (χ2v) is 4.08. The Morgan fingerprint density at radius 3 is 2.74 bits per heavy atom. The number of allylic oxidation sites excluding steroid dienone is 3. The van der Waals surface area contributed by atoms with Crippen molar-refractivity contribution >= 4 is 45.3 Å². The van der Waals surface area contributed by atoms with Crippen LogP contribution in [-0.2, 0) is 16.1 Å². The highest BCUT2D eigenvalue weighted by Crippen LogP contribution is 2.26. The number of hydrogen-bond donors (Lipinski definition) is 1. The van der Waals surface area contributed by atoms with Crippen LogP contribution in [0.3, 0.4) is 0 Å². The third-order valence-corrected chi connectivity index (χ3v) is 2.88. The van der Waals surface area contributed by atoms with Crippen LogP contribution in [0.15, 0.2) is 36.4 Å². The van der Waals surface area contributed by atoms with Crippen molar-refractivity contribution in [2.45, 2.75) is 0 Å². The quantitative estimate of drug-likeness (QED) is 0.398. The summed E-state index contributed by atoms with van der Waals surface area (Å²) in [5, 5.41) is 3.17. The SMILES string of the molecule is O=CC=C(C=C=S=O)c1[nH]c2ccccc2c1C=O. The Morgan fingerprint density at radius 1 is 1.26 bits per heavy atom. The van der Waals surface area contributed by atoms with Crippen LogP contribution in [-0.4, -0.2) is 26.8 Å². The number of H-pyrrole nitrogens is 1. The van der Waals surface area contributed by atoms with Crippen molar-refractivity contribution in [2.24, 2.45) is 0 Å². The van der Waals surface area contributed by atoms with Gasteiger partial charge in [0.15, 0.2) is 6.29 Å². The third kappa shape index (κ3) is 2.52. The highest BCUT2D eigenvalue weighted by atomic mass is 32.1. The summed E-state index contributed by atoms with van der Waals surface area (Å²) in [7, 11) is 0. The number of carbonyl (C=O) groups excluding carboxylic acids is 2. The number of carbonyl (C=O) groups is 2. The largest absolute Gasteiger partial charge is 0.354 e. The Kier molecular flexibility index (Phi) is 4.03. The van der Waals surface area contributed by atoms with Crippen molar-refractivity contribution < 1.29 is 13.8 Å². The van der Waals surface area contributed by atoms with Gasteiger partial charge in [-0.3, -0.25) is 9.59 Å². The predicted octanol–water partition coefficient (Wildman–Crippen LogP) is 1.73. The molecule has 0 aliphatic heterocycles. The lowest BCUT2D eigenvalue weighted by molar-refractivity contribution is -0.104. The monoisotopic (exact) mass is 271 g/mol. The van der Waals surface area contributed by atoms with Crippen LogP contribution < -0.4 is 0 Å². The van der Waals surface area contributed by atoms with Crippen LogP contribution in [0.2, 0.25) is 0 Å². The van der Waals surface area contributed by atoms with Crippen LogP contribution >= 0.6 is 0 Å². The van der Waals surface area contributed by atoms with E-state index in [-0.39, 0.29) is 11.3 Å². The topological polar surface area (TPSA) is 67.0 Å². The Bertz CT molecular complexity index is 760. The molecule has 0 radical (unpaired) electrons. The van der Waals surface area contributed by atoms with Crippen LogP contribution in [0.25, 0.3) is 16.5 Å². The van der Waals surface area contributed by atoms with Gasteiger partial charge in [0.1, 0.15) is 17.5 Å². The van der Waals surface area contributed by atoms with Crippen molar-refractivity contribution in [3.05, 3.63) is 47.7 Å². The number of aromatic amines is 1. The van der Waals surface area contributed by atoms with Gasteiger partial charge in [-0.25, -0.2) is 4.21 Å². The molecule has 2 aromatic rings. The summed E-state index contributed by atoms with van der Waals surface area (Å²) in [5.41, 5.74) is 2.19. The maximum Gasteiger partial charge on any atom is 0.152 e. The van der Waals surface area contributed by atoms with E-state index in [9.17, 15) is 13.8 Å². The molecule has 0 unspecified atom stereocenters. The summed E-state index contributed by atoms with van der Waals surface area (Å²) >= 11 is 0.156. The Labute approximate surface area is 112 Å². The van der Waals surface area contributed by atoms with E-state index in [0.29, 0.717) is 23.1 Å². The van der Waals surface area contributed by atoms with Crippen molar-refractivity contribution in [1.82, 2.24) is 4.98 Å². The number of benzene rings is 1. The molecule has 0 aliphatic rings. The zero-order valence-electron chi connectivity index (χ0n) is 9.75. The van der Waals surface area contributed by atoms with Crippen molar-refractivity contribution in [3.63, 3.8) is 0 Å². The number of para-hydroxylation sites is 1. The molecule has 0 bridgehead atoms. The summed E-state index contributed by atoms with van der Waals surface area (Å²) in [5.74, 6) is 0. The molecule has 1 aromatic heterocycles. The lowest BCUT2D eigenvalue weighted by Crippen LogP contribution is -1.89. The molecule has 19 heavy (non-hydrogen) atoms. The Morgan fingerprint density at radius 2 is 2.05 bits per heavy atom. The number of aromatic nitrogens is 1. The van der Waals surface area contributed by atoms with Gasteiger partial charge < -0.3 is 4.98 Å². The maximum atomic E-state index is 11.2. The van der Waals surface area contributed by atoms with Crippen molar-refractivity contribution in [1.29, 1.82) is 0 Å². The molecule has 0 aliphatic carbocycles. The maximum absolute atomic E-state index is 11.2. The zero-order chi connectivity index (χ0) is 13.7. The average molecular weight is 271 g/mol. The van der Waals surface area contributed by atoms with Crippen LogP contribution in [0.1, 0.15) is 16.1 Å². The number of fused-ring (bicyclic) bond motifs is 1. The fourth-order valence-corrected chi connectivity index (χ4v) is 2.05. The molecule has 94 valence electrons. The molecule has 2 rings (SSSR count). The molecule has 0 atom stereocenters. The number of hydrogen-bond acceptors (Lipinski definition) is 3. The van der Waals surface area contributed by atoms with Gasteiger partial charge in [0, 0.05) is 28.1 Å². The van der Waals surface area contributed by atoms with Crippen LogP contribution in [0.5, 0.6) is 0 Å². The van der Waals surface area contributed by atoms with E-state index in [0.717, 1.165) is 17.2 Å². The smallest absolute Gasteiger partial charge is 0.152 e. The van der Waals surface area contributed by atoms with E-state index >= 15 is 0 Å². The van der Waals surface area contributed by atoms with E-state index in [2.05, 4.69) is 10.0 Å². The first-order valence-electron chi connectivity index (χ1n) is 5.41. The lowest BCUT2D eigenvalue weighted by atomic mass is 10.1. The summed E-state index contributed by atoms with van der Waals surface area (Å²) in [6, 6.07) is 7.31. The summed E-state index contributed by atoms with van der Waals surface area (Å²) in [6.45, 7) is 0. The van der Waals surface area contributed by atoms with Gasteiger partial charge in [0.05, 0.1) is 5.69 Å². The summed E-state index contributed by atoms with van der Waals surface area (Å²) in [4.78, 5) is 25.0. The van der Waals surface area contributed by atoms with E-state index < -0.39 is 0 Å². The van der Waals surface area contributed by atoms with Gasteiger partial charge in [-0.2, -0.15) is 0 Å². The first-order chi connectivity index (χ1) is 9.31. The molecule has 0 saturated carbocycles. The molecule has 4 nitrogen and oxygen atoms in total. The molecule has 1 heterocycles. The predicted molar refractivity (Wildman–Crippen MR) is 75.4 cm³/mol.